The van der Waals surface area contributed by atoms with E-state index in [1.165, 1.54) is 6.07 Å². The van der Waals surface area contributed by atoms with E-state index in [-0.39, 0.29) is 17.2 Å². The number of amides is 1. The van der Waals surface area contributed by atoms with Crippen molar-refractivity contribution in [3.05, 3.63) is 33.9 Å². The van der Waals surface area contributed by atoms with E-state index < -0.39 is 4.92 Å². The fraction of sp³-hybridized carbons (Fsp3) is 0.533. The van der Waals surface area contributed by atoms with Crippen molar-refractivity contribution in [1.29, 1.82) is 0 Å². The standard InChI is InChI=1S/C15H21N3O5/c1-22-8-2-5-16-15(19)12-3-4-13(14(11-12)18(20)21)17-6-9-23-10-7-17/h3-4,11H,2,5-10H2,1H3,(H,16,19). The zero-order valence-electron chi connectivity index (χ0n) is 13.1. The molecule has 0 bridgehead atoms. The summed E-state index contributed by atoms with van der Waals surface area (Å²) in [5.41, 5.74) is 0.747. The van der Waals surface area contributed by atoms with Crippen LogP contribution in [0.25, 0.3) is 0 Å². The molecular weight excluding hydrogens is 302 g/mol. The van der Waals surface area contributed by atoms with Gasteiger partial charge in [0.1, 0.15) is 5.69 Å². The summed E-state index contributed by atoms with van der Waals surface area (Å²) >= 11 is 0. The maximum Gasteiger partial charge on any atom is 0.293 e. The summed E-state index contributed by atoms with van der Waals surface area (Å²) in [6.07, 6.45) is 0.691. The minimum absolute atomic E-state index is 0.0589. The first-order valence-electron chi connectivity index (χ1n) is 7.51. The van der Waals surface area contributed by atoms with Crippen molar-refractivity contribution in [2.75, 3.05) is 51.5 Å². The first-order valence-corrected chi connectivity index (χ1v) is 7.51. The predicted molar refractivity (Wildman–Crippen MR) is 85.0 cm³/mol. The topological polar surface area (TPSA) is 93.9 Å². The highest BCUT2D eigenvalue weighted by Gasteiger charge is 2.23. The third-order valence-electron chi connectivity index (χ3n) is 3.60. The normalized spacial score (nSPS) is 14.6. The first-order chi connectivity index (χ1) is 11.1. The quantitative estimate of drug-likeness (QED) is 0.460. The minimum atomic E-state index is -0.452. The molecule has 8 heteroatoms. The largest absolute Gasteiger partial charge is 0.385 e. The van der Waals surface area contributed by atoms with Gasteiger partial charge >= 0.3 is 0 Å². The van der Waals surface area contributed by atoms with Crippen LogP contribution in [0.2, 0.25) is 0 Å². The molecule has 0 aliphatic carbocycles. The first kappa shape index (κ1) is 17.2. The van der Waals surface area contributed by atoms with E-state index in [9.17, 15) is 14.9 Å². The van der Waals surface area contributed by atoms with E-state index in [1.807, 2.05) is 4.90 Å². The number of hydrogen-bond donors (Lipinski definition) is 1. The second-order valence-electron chi connectivity index (χ2n) is 5.16. The Morgan fingerprint density at radius 3 is 2.83 bits per heavy atom. The van der Waals surface area contributed by atoms with Crippen molar-refractivity contribution in [3.8, 4) is 0 Å². The van der Waals surface area contributed by atoms with Gasteiger partial charge in [-0.05, 0) is 18.6 Å². The second kappa shape index (κ2) is 8.44. The predicted octanol–water partition coefficient (Wildman–Crippen LogP) is 1.20. The molecular formula is C15H21N3O5. The Morgan fingerprint density at radius 2 is 2.17 bits per heavy atom. The van der Waals surface area contributed by atoms with Gasteiger partial charge < -0.3 is 19.7 Å². The Balaban J connectivity index is 2.11. The highest BCUT2D eigenvalue weighted by atomic mass is 16.6. The van der Waals surface area contributed by atoms with Gasteiger partial charge in [0.25, 0.3) is 11.6 Å². The monoisotopic (exact) mass is 323 g/mol. The molecule has 2 rings (SSSR count). The molecule has 1 aromatic carbocycles. The summed E-state index contributed by atoms with van der Waals surface area (Å²) in [6.45, 7) is 3.30. The molecule has 1 amide bonds. The van der Waals surface area contributed by atoms with Crippen LogP contribution < -0.4 is 10.2 Å². The van der Waals surface area contributed by atoms with Crippen molar-refractivity contribution in [2.24, 2.45) is 0 Å². The summed E-state index contributed by atoms with van der Waals surface area (Å²) < 4.78 is 10.2. The number of morpholine rings is 1. The molecule has 0 unspecified atom stereocenters. The maximum atomic E-state index is 12.1. The summed E-state index contributed by atoms with van der Waals surface area (Å²) in [4.78, 5) is 24.9. The molecule has 8 nitrogen and oxygen atoms in total. The number of nitro groups is 1. The number of anilines is 1. The van der Waals surface area contributed by atoms with Gasteiger partial charge in [0, 0.05) is 45.0 Å². The zero-order chi connectivity index (χ0) is 16.7. The number of nitrogens with one attached hydrogen (secondary N) is 1. The van der Waals surface area contributed by atoms with Crippen molar-refractivity contribution >= 4 is 17.3 Å². The SMILES string of the molecule is COCCCNC(=O)c1ccc(N2CCOCC2)c([N+](=O)[O-])c1. The molecule has 0 saturated carbocycles. The van der Waals surface area contributed by atoms with Crippen molar-refractivity contribution in [1.82, 2.24) is 5.32 Å². The van der Waals surface area contributed by atoms with Gasteiger partial charge in [-0.15, -0.1) is 0 Å². The average molecular weight is 323 g/mol. The van der Waals surface area contributed by atoms with E-state index in [0.717, 1.165) is 0 Å². The Morgan fingerprint density at radius 1 is 1.43 bits per heavy atom. The van der Waals surface area contributed by atoms with Gasteiger partial charge in [0.15, 0.2) is 0 Å². The summed E-state index contributed by atoms with van der Waals surface area (Å²) in [6, 6.07) is 4.58. The van der Waals surface area contributed by atoms with Crippen LogP contribution in [0, 0.1) is 10.1 Å². The van der Waals surface area contributed by atoms with Crippen LogP contribution in [0.5, 0.6) is 0 Å². The van der Waals surface area contributed by atoms with Crippen molar-refractivity contribution in [3.63, 3.8) is 0 Å². The highest BCUT2D eigenvalue weighted by Crippen LogP contribution is 2.29. The van der Waals surface area contributed by atoms with Crippen LogP contribution in [0.15, 0.2) is 18.2 Å². The molecule has 0 atom stereocenters. The number of carbonyl (C=O) groups is 1. The average Bonchev–Trinajstić information content (AvgIpc) is 2.58. The molecule has 1 aliphatic heterocycles. The van der Waals surface area contributed by atoms with E-state index in [4.69, 9.17) is 9.47 Å². The molecule has 126 valence electrons. The number of rotatable bonds is 7. The smallest absolute Gasteiger partial charge is 0.293 e. The van der Waals surface area contributed by atoms with Crippen LogP contribution in [-0.4, -0.2) is 57.4 Å². The van der Waals surface area contributed by atoms with Gasteiger partial charge in [-0.2, -0.15) is 0 Å². The molecule has 1 aliphatic rings. The van der Waals surface area contributed by atoms with E-state index in [1.54, 1.807) is 19.2 Å². The number of ether oxygens (including phenoxy) is 2. The molecule has 23 heavy (non-hydrogen) atoms. The Labute approximate surface area is 134 Å². The Bertz CT molecular complexity index is 558. The number of nitro benzene ring substituents is 1. The summed E-state index contributed by atoms with van der Waals surface area (Å²) in [5, 5.41) is 14.1. The molecule has 0 spiro atoms. The van der Waals surface area contributed by atoms with Crippen molar-refractivity contribution in [2.45, 2.75) is 6.42 Å². The molecule has 1 heterocycles. The van der Waals surface area contributed by atoms with Crippen LogP contribution in [-0.2, 0) is 9.47 Å². The fourth-order valence-electron chi connectivity index (χ4n) is 2.40. The van der Waals surface area contributed by atoms with E-state index in [2.05, 4.69) is 5.32 Å². The van der Waals surface area contributed by atoms with Gasteiger partial charge in [0.05, 0.1) is 18.1 Å². The lowest BCUT2D eigenvalue weighted by Crippen LogP contribution is -2.36. The lowest BCUT2D eigenvalue weighted by molar-refractivity contribution is -0.384. The minimum Gasteiger partial charge on any atom is -0.385 e. The number of methoxy groups -OCH3 is 1. The molecule has 1 N–H and O–H groups in total. The van der Waals surface area contributed by atoms with Gasteiger partial charge in [-0.3, -0.25) is 14.9 Å². The van der Waals surface area contributed by atoms with Crippen LogP contribution in [0.3, 0.4) is 0 Å². The fourth-order valence-corrected chi connectivity index (χ4v) is 2.40. The van der Waals surface area contributed by atoms with Crippen LogP contribution >= 0.6 is 0 Å². The van der Waals surface area contributed by atoms with E-state index >= 15 is 0 Å². The van der Waals surface area contributed by atoms with Crippen LogP contribution in [0.1, 0.15) is 16.8 Å². The Hall–Kier alpha value is -2.19. The highest BCUT2D eigenvalue weighted by molar-refractivity contribution is 5.95. The van der Waals surface area contributed by atoms with Gasteiger partial charge in [-0.25, -0.2) is 0 Å². The lowest BCUT2D eigenvalue weighted by Gasteiger charge is -2.28. The summed E-state index contributed by atoms with van der Waals surface area (Å²) in [5.74, 6) is -0.322. The summed E-state index contributed by atoms with van der Waals surface area (Å²) in [7, 11) is 1.59. The molecule has 0 aromatic heterocycles. The van der Waals surface area contributed by atoms with Crippen LogP contribution in [0.4, 0.5) is 11.4 Å². The lowest BCUT2D eigenvalue weighted by atomic mass is 10.1. The number of nitrogens with zero attached hydrogens (tertiary/aromatic N) is 2. The van der Waals surface area contributed by atoms with Gasteiger partial charge in [-0.1, -0.05) is 0 Å². The number of hydrogen-bond acceptors (Lipinski definition) is 6. The second-order valence-corrected chi connectivity index (χ2v) is 5.16. The van der Waals surface area contributed by atoms with E-state index in [0.29, 0.717) is 51.6 Å². The third-order valence-corrected chi connectivity index (χ3v) is 3.60. The maximum absolute atomic E-state index is 12.1. The number of carbonyl (C=O) groups excluding carboxylic acids is 1. The third kappa shape index (κ3) is 4.64. The zero-order valence-corrected chi connectivity index (χ0v) is 13.1. The molecule has 0 radical (unpaired) electrons. The van der Waals surface area contributed by atoms with Gasteiger partial charge in [0.2, 0.25) is 0 Å². The van der Waals surface area contributed by atoms with Crippen molar-refractivity contribution < 1.29 is 19.2 Å². The molecule has 1 fully saturated rings. The number of benzene rings is 1. The molecule has 1 aromatic rings. The Kier molecular flexibility index (Phi) is 6.30. The molecule has 1 saturated heterocycles.